The van der Waals surface area contributed by atoms with Crippen LogP contribution in [0, 0.1) is 11.3 Å². The second-order valence-electron chi connectivity index (χ2n) is 7.89. The van der Waals surface area contributed by atoms with Crippen molar-refractivity contribution in [2.75, 3.05) is 6.54 Å². The number of nitriles is 1. The van der Waals surface area contributed by atoms with E-state index in [2.05, 4.69) is 42.8 Å². The Morgan fingerprint density at radius 1 is 1.13 bits per heavy atom. The van der Waals surface area contributed by atoms with Gasteiger partial charge in [-0.25, -0.2) is 13.1 Å². The van der Waals surface area contributed by atoms with Crippen molar-refractivity contribution in [2.45, 2.75) is 56.5 Å². The fourth-order valence-corrected chi connectivity index (χ4v) is 4.26. The highest BCUT2D eigenvalue weighted by atomic mass is 32.2. The van der Waals surface area contributed by atoms with E-state index in [0.29, 0.717) is 18.0 Å². The average Bonchev–Trinajstić information content (AvgIpc) is 3.57. The summed E-state index contributed by atoms with van der Waals surface area (Å²) in [7, 11) is -3.68. The SMILES string of the molecule is CC(C)c1ccc(CN(C(=O)c2ccc(S(=O)(=O)NCCC#N)cc2)C2CC2)cc1. The summed E-state index contributed by atoms with van der Waals surface area (Å²) < 4.78 is 26.9. The molecule has 0 aliphatic heterocycles. The summed E-state index contributed by atoms with van der Waals surface area (Å²) in [6.07, 6.45) is 2.08. The summed E-state index contributed by atoms with van der Waals surface area (Å²) >= 11 is 0. The Balaban J connectivity index is 1.72. The smallest absolute Gasteiger partial charge is 0.254 e. The molecule has 1 aliphatic rings. The highest BCUT2D eigenvalue weighted by Crippen LogP contribution is 2.30. The van der Waals surface area contributed by atoms with Gasteiger partial charge in [0.2, 0.25) is 10.0 Å². The molecule has 0 radical (unpaired) electrons. The highest BCUT2D eigenvalue weighted by Gasteiger charge is 2.33. The zero-order valence-electron chi connectivity index (χ0n) is 17.3. The molecule has 6 nitrogen and oxygen atoms in total. The van der Waals surface area contributed by atoms with Crippen LogP contribution in [0.4, 0.5) is 0 Å². The number of nitrogens with one attached hydrogen (secondary N) is 1. The summed E-state index contributed by atoms with van der Waals surface area (Å²) in [4.78, 5) is 15.1. The minimum Gasteiger partial charge on any atom is -0.331 e. The van der Waals surface area contributed by atoms with Crippen LogP contribution in [0.1, 0.15) is 60.5 Å². The van der Waals surface area contributed by atoms with Gasteiger partial charge in [0.1, 0.15) is 0 Å². The third-order valence-electron chi connectivity index (χ3n) is 5.19. The van der Waals surface area contributed by atoms with Gasteiger partial charge >= 0.3 is 0 Å². The first-order valence-corrected chi connectivity index (χ1v) is 11.7. The van der Waals surface area contributed by atoms with Crippen molar-refractivity contribution in [1.82, 2.24) is 9.62 Å². The summed E-state index contributed by atoms with van der Waals surface area (Å²) in [5.41, 5.74) is 2.82. The molecule has 1 aliphatic carbocycles. The molecule has 0 bridgehead atoms. The van der Waals surface area contributed by atoms with Crippen LogP contribution in [0.5, 0.6) is 0 Å². The number of carbonyl (C=O) groups excluding carboxylic acids is 1. The van der Waals surface area contributed by atoms with E-state index in [4.69, 9.17) is 5.26 Å². The van der Waals surface area contributed by atoms with Gasteiger partial charge in [0.05, 0.1) is 11.0 Å². The van der Waals surface area contributed by atoms with E-state index in [0.717, 1.165) is 18.4 Å². The maximum Gasteiger partial charge on any atom is 0.254 e. The monoisotopic (exact) mass is 425 g/mol. The van der Waals surface area contributed by atoms with Crippen LogP contribution >= 0.6 is 0 Å². The van der Waals surface area contributed by atoms with Crippen molar-refractivity contribution in [3.05, 3.63) is 65.2 Å². The summed E-state index contributed by atoms with van der Waals surface area (Å²) in [6.45, 7) is 4.90. The van der Waals surface area contributed by atoms with Crippen molar-refractivity contribution in [3.63, 3.8) is 0 Å². The van der Waals surface area contributed by atoms with Gasteiger partial charge in [0, 0.05) is 31.1 Å². The number of rotatable bonds is 9. The zero-order chi connectivity index (χ0) is 21.7. The number of amides is 1. The van der Waals surface area contributed by atoms with Crippen molar-refractivity contribution in [2.24, 2.45) is 0 Å². The van der Waals surface area contributed by atoms with Crippen molar-refractivity contribution >= 4 is 15.9 Å². The Labute approximate surface area is 178 Å². The molecule has 1 saturated carbocycles. The van der Waals surface area contributed by atoms with E-state index in [1.807, 2.05) is 11.0 Å². The quantitative estimate of drug-likeness (QED) is 0.619. The summed E-state index contributed by atoms with van der Waals surface area (Å²) in [6, 6.07) is 16.5. The van der Waals surface area contributed by atoms with E-state index >= 15 is 0 Å². The molecular formula is C23H27N3O3S. The molecule has 158 valence electrons. The minimum atomic E-state index is -3.68. The molecule has 3 rings (SSSR count). The number of nitrogens with zero attached hydrogens (tertiary/aromatic N) is 2. The Kier molecular flexibility index (Phi) is 6.91. The lowest BCUT2D eigenvalue weighted by Gasteiger charge is -2.23. The van der Waals surface area contributed by atoms with E-state index in [-0.39, 0.29) is 29.8 Å². The van der Waals surface area contributed by atoms with Gasteiger partial charge in [-0.3, -0.25) is 4.79 Å². The molecule has 2 aromatic carbocycles. The van der Waals surface area contributed by atoms with Crippen LogP contribution in [0.3, 0.4) is 0 Å². The number of sulfonamides is 1. The molecule has 1 N–H and O–H groups in total. The molecule has 7 heteroatoms. The summed E-state index contributed by atoms with van der Waals surface area (Å²) in [5, 5.41) is 8.55. The van der Waals surface area contributed by atoms with E-state index < -0.39 is 10.0 Å². The van der Waals surface area contributed by atoms with Crippen LogP contribution in [-0.4, -0.2) is 31.8 Å². The first kappa shape index (κ1) is 22.0. The molecule has 30 heavy (non-hydrogen) atoms. The first-order chi connectivity index (χ1) is 14.3. The Bertz CT molecular complexity index is 1020. The van der Waals surface area contributed by atoms with E-state index in [1.54, 1.807) is 12.1 Å². The van der Waals surface area contributed by atoms with E-state index in [9.17, 15) is 13.2 Å². The van der Waals surface area contributed by atoms with Crippen LogP contribution < -0.4 is 4.72 Å². The fourth-order valence-electron chi connectivity index (χ4n) is 3.22. The molecule has 0 spiro atoms. The van der Waals surface area contributed by atoms with Gasteiger partial charge in [0.25, 0.3) is 5.91 Å². The number of hydrogen-bond donors (Lipinski definition) is 1. The maximum absolute atomic E-state index is 13.1. The second-order valence-corrected chi connectivity index (χ2v) is 9.66. The predicted octanol–water partition coefficient (Wildman–Crippen LogP) is 3.81. The van der Waals surface area contributed by atoms with Gasteiger partial charge in [-0.2, -0.15) is 5.26 Å². The highest BCUT2D eigenvalue weighted by molar-refractivity contribution is 7.89. The topological polar surface area (TPSA) is 90.3 Å². The molecule has 0 aromatic heterocycles. The molecule has 1 fully saturated rings. The third kappa shape index (κ3) is 5.47. The Hall–Kier alpha value is -2.69. The number of carbonyl (C=O) groups is 1. The summed E-state index contributed by atoms with van der Waals surface area (Å²) in [5.74, 6) is 0.372. The second kappa shape index (κ2) is 9.41. The average molecular weight is 426 g/mol. The van der Waals surface area contributed by atoms with Crippen LogP contribution in [0.15, 0.2) is 53.4 Å². The molecule has 0 unspecified atom stereocenters. The van der Waals surface area contributed by atoms with Gasteiger partial charge in [-0.1, -0.05) is 38.1 Å². The van der Waals surface area contributed by atoms with Gasteiger partial charge in [0.15, 0.2) is 0 Å². The fraction of sp³-hybridized carbons (Fsp3) is 0.391. The molecule has 0 saturated heterocycles. The molecule has 1 amide bonds. The third-order valence-corrected chi connectivity index (χ3v) is 6.67. The first-order valence-electron chi connectivity index (χ1n) is 10.2. The maximum atomic E-state index is 13.1. The largest absolute Gasteiger partial charge is 0.331 e. The Morgan fingerprint density at radius 2 is 1.77 bits per heavy atom. The standard InChI is InChI=1S/C23H27N3O3S/c1-17(2)19-6-4-18(5-7-19)16-26(21-10-11-21)23(27)20-8-12-22(13-9-20)30(28,29)25-15-3-14-24/h4-9,12-13,17,21,25H,3,10-11,15-16H2,1-2H3. The van der Waals surface area contributed by atoms with Crippen LogP contribution in [0.25, 0.3) is 0 Å². The molecule has 0 atom stereocenters. The Morgan fingerprint density at radius 3 is 2.30 bits per heavy atom. The lowest BCUT2D eigenvalue weighted by atomic mass is 10.0. The number of hydrogen-bond acceptors (Lipinski definition) is 4. The van der Waals surface area contributed by atoms with Crippen molar-refractivity contribution < 1.29 is 13.2 Å². The van der Waals surface area contributed by atoms with Crippen LogP contribution in [0.2, 0.25) is 0 Å². The predicted molar refractivity (Wildman–Crippen MR) is 115 cm³/mol. The minimum absolute atomic E-state index is 0.0601. The molecule has 2 aromatic rings. The van der Waals surface area contributed by atoms with Crippen molar-refractivity contribution in [1.29, 1.82) is 5.26 Å². The van der Waals surface area contributed by atoms with E-state index in [1.165, 1.54) is 17.7 Å². The van der Waals surface area contributed by atoms with Gasteiger partial charge < -0.3 is 4.90 Å². The lowest BCUT2D eigenvalue weighted by Crippen LogP contribution is -2.32. The molecule has 0 heterocycles. The molecular weight excluding hydrogens is 398 g/mol. The lowest BCUT2D eigenvalue weighted by molar-refractivity contribution is 0.0730. The number of benzene rings is 2. The van der Waals surface area contributed by atoms with Crippen LogP contribution in [-0.2, 0) is 16.6 Å². The zero-order valence-corrected chi connectivity index (χ0v) is 18.2. The van der Waals surface area contributed by atoms with Gasteiger partial charge in [-0.15, -0.1) is 0 Å². The van der Waals surface area contributed by atoms with Gasteiger partial charge in [-0.05, 0) is 54.2 Å². The normalized spacial score (nSPS) is 13.8. The van der Waals surface area contributed by atoms with Crippen molar-refractivity contribution in [3.8, 4) is 6.07 Å².